The first-order chi connectivity index (χ1) is 12.6. The predicted molar refractivity (Wildman–Crippen MR) is 98.2 cm³/mol. The number of aromatic nitrogens is 3. The summed E-state index contributed by atoms with van der Waals surface area (Å²) < 4.78 is 2.02. The molecule has 0 bridgehead atoms. The topological polar surface area (TPSA) is 74.4 Å². The first-order valence-electron chi connectivity index (χ1n) is 8.43. The molecule has 0 saturated heterocycles. The number of benzene rings is 1. The van der Waals surface area contributed by atoms with E-state index in [0.29, 0.717) is 17.0 Å². The van der Waals surface area contributed by atoms with Crippen LogP contribution in [-0.2, 0) is 19.6 Å². The lowest BCUT2D eigenvalue weighted by Gasteiger charge is -2.14. The van der Waals surface area contributed by atoms with Crippen LogP contribution in [0.15, 0.2) is 49.1 Å². The molecule has 2 aromatic heterocycles. The third-order valence-electron chi connectivity index (χ3n) is 4.64. The highest BCUT2D eigenvalue weighted by molar-refractivity contribution is 6.31. The van der Waals surface area contributed by atoms with Crippen molar-refractivity contribution in [1.29, 1.82) is 0 Å². The maximum Gasteiger partial charge on any atom is 0.178 e. The van der Waals surface area contributed by atoms with Crippen LogP contribution < -0.4 is 0 Å². The number of rotatable bonds is 5. The van der Waals surface area contributed by atoms with Crippen molar-refractivity contribution >= 4 is 11.6 Å². The number of fused-ring (bicyclic) bond motifs is 1. The van der Waals surface area contributed by atoms with E-state index in [1.807, 2.05) is 22.9 Å². The summed E-state index contributed by atoms with van der Waals surface area (Å²) in [5.74, 6) is 0. The molecule has 4 rings (SSSR count). The fourth-order valence-corrected chi connectivity index (χ4v) is 3.48. The highest BCUT2D eigenvalue weighted by atomic mass is 35.5. The minimum Gasteiger partial charge on any atom is -0.364 e. The molecule has 0 saturated carbocycles. The lowest BCUT2D eigenvalue weighted by atomic mass is 10.1. The molecule has 0 amide bonds. The molecule has 134 valence electrons. The average Bonchev–Trinajstić information content (AvgIpc) is 3.27. The number of hydrogen-bond donors (Lipinski definition) is 2. The van der Waals surface area contributed by atoms with Gasteiger partial charge in [0.2, 0.25) is 0 Å². The van der Waals surface area contributed by atoms with E-state index in [1.165, 1.54) is 11.1 Å². The van der Waals surface area contributed by atoms with Gasteiger partial charge in [-0.15, -0.1) is 0 Å². The number of aliphatic hydroxyl groups is 2. The molecule has 1 aromatic carbocycles. The Morgan fingerprint density at radius 2 is 1.96 bits per heavy atom. The highest BCUT2D eigenvalue weighted by Crippen LogP contribution is 2.28. The van der Waals surface area contributed by atoms with E-state index >= 15 is 0 Å². The summed E-state index contributed by atoms with van der Waals surface area (Å²) in [6, 6.07) is 9.27. The largest absolute Gasteiger partial charge is 0.364 e. The van der Waals surface area contributed by atoms with Crippen molar-refractivity contribution in [3.8, 4) is 11.4 Å². The Hall–Kier alpha value is -2.25. The number of halogens is 1. The van der Waals surface area contributed by atoms with Crippen LogP contribution in [0.5, 0.6) is 0 Å². The van der Waals surface area contributed by atoms with Gasteiger partial charge in [0.1, 0.15) is 5.69 Å². The van der Waals surface area contributed by atoms with Gasteiger partial charge >= 0.3 is 0 Å². The van der Waals surface area contributed by atoms with Gasteiger partial charge in [-0.05, 0) is 29.3 Å². The number of hydrogen-bond acceptors (Lipinski definition) is 5. The summed E-state index contributed by atoms with van der Waals surface area (Å²) in [6.07, 6.45) is 3.73. The Labute approximate surface area is 156 Å². The van der Waals surface area contributed by atoms with E-state index in [1.54, 1.807) is 24.7 Å². The molecule has 0 radical (unpaired) electrons. The van der Waals surface area contributed by atoms with Crippen molar-refractivity contribution in [3.63, 3.8) is 0 Å². The Bertz CT molecular complexity index is 925. The van der Waals surface area contributed by atoms with Gasteiger partial charge in [-0.3, -0.25) is 9.88 Å². The molecule has 26 heavy (non-hydrogen) atoms. The summed E-state index contributed by atoms with van der Waals surface area (Å²) in [5.41, 5.74) is 4.25. The van der Waals surface area contributed by atoms with Crippen LogP contribution in [0.3, 0.4) is 0 Å². The Morgan fingerprint density at radius 3 is 2.77 bits per heavy atom. The zero-order valence-electron chi connectivity index (χ0n) is 14.1. The van der Waals surface area contributed by atoms with E-state index in [-0.39, 0.29) is 0 Å². The van der Waals surface area contributed by atoms with Crippen molar-refractivity contribution in [2.75, 3.05) is 6.54 Å². The van der Waals surface area contributed by atoms with Crippen LogP contribution in [0.25, 0.3) is 11.4 Å². The van der Waals surface area contributed by atoms with Crippen molar-refractivity contribution in [1.82, 2.24) is 19.4 Å². The van der Waals surface area contributed by atoms with Crippen LogP contribution in [0.2, 0.25) is 5.02 Å². The van der Waals surface area contributed by atoms with E-state index in [2.05, 4.69) is 20.9 Å². The van der Waals surface area contributed by atoms with Crippen LogP contribution in [-0.4, -0.2) is 36.2 Å². The van der Waals surface area contributed by atoms with Gasteiger partial charge in [-0.2, -0.15) is 0 Å². The second-order valence-electron chi connectivity index (χ2n) is 6.43. The van der Waals surface area contributed by atoms with Crippen molar-refractivity contribution in [2.45, 2.75) is 25.9 Å². The summed E-state index contributed by atoms with van der Waals surface area (Å²) in [4.78, 5) is 11.0. The molecule has 3 aromatic rings. The second kappa shape index (κ2) is 7.17. The molecule has 7 heteroatoms. The summed E-state index contributed by atoms with van der Waals surface area (Å²) >= 11 is 6.27. The minimum atomic E-state index is -1.51. The molecular formula is C19H19ClN4O2. The fraction of sp³-hybridized carbons (Fsp3) is 0.263. The van der Waals surface area contributed by atoms with E-state index in [9.17, 15) is 10.2 Å². The van der Waals surface area contributed by atoms with Gasteiger partial charge in [-0.1, -0.05) is 23.7 Å². The van der Waals surface area contributed by atoms with Gasteiger partial charge in [0, 0.05) is 49.2 Å². The van der Waals surface area contributed by atoms with Crippen LogP contribution in [0, 0.1) is 0 Å². The first kappa shape index (κ1) is 17.2. The lowest BCUT2D eigenvalue weighted by molar-refractivity contribution is -0.0425. The summed E-state index contributed by atoms with van der Waals surface area (Å²) in [5, 5.41) is 19.4. The Morgan fingerprint density at radius 1 is 1.08 bits per heavy atom. The first-order valence-corrected chi connectivity index (χ1v) is 8.81. The molecule has 0 unspecified atom stereocenters. The zero-order valence-corrected chi connectivity index (χ0v) is 14.8. The molecule has 1 aliphatic rings. The molecule has 0 fully saturated rings. The van der Waals surface area contributed by atoms with Crippen LogP contribution in [0.1, 0.15) is 23.0 Å². The Kier molecular flexibility index (Phi) is 4.74. The van der Waals surface area contributed by atoms with Crippen LogP contribution in [0.4, 0.5) is 0 Å². The molecule has 1 aliphatic heterocycles. The summed E-state index contributed by atoms with van der Waals surface area (Å²) in [7, 11) is 0. The number of pyridine rings is 1. The average molecular weight is 371 g/mol. The maximum absolute atomic E-state index is 9.29. The maximum atomic E-state index is 9.29. The fourth-order valence-electron chi connectivity index (χ4n) is 3.23. The molecular weight excluding hydrogens is 352 g/mol. The smallest absolute Gasteiger partial charge is 0.178 e. The lowest BCUT2D eigenvalue weighted by Crippen LogP contribution is -2.21. The number of imidazole rings is 1. The van der Waals surface area contributed by atoms with E-state index < -0.39 is 6.29 Å². The molecule has 0 atom stereocenters. The van der Waals surface area contributed by atoms with E-state index in [0.717, 1.165) is 31.2 Å². The normalized spacial score (nSPS) is 14.2. The third kappa shape index (κ3) is 3.50. The van der Waals surface area contributed by atoms with Gasteiger partial charge < -0.3 is 14.8 Å². The number of aliphatic hydroxyl groups excluding tert-OH is 1. The summed E-state index contributed by atoms with van der Waals surface area (Å²) in [6.45, 7) is 3.48. The van der Waals surface area contributed by atoms with Gasteiger partial charge in [0.05, 0.1) is 12.0 Å². The zero-order chi connectivity index (χ0) is 18.1. The SMILES string of the molecule is OC(O)c1ccnc(-c2cn(CCN3Cc4cccc(Cl)c4C3)cn2)c1. The van der Waals surface area contributed by atoms with E-state index in [4.69, 9.17) is 11.6 Å². The monoisotopic (exact) mass is 370 g/mol. The van der Waals surface area contributed by atoms with Crippen molar-refractivity contribution in [3.05, 3.63) is 70.8 Å². The minimum absolute atomic E-state index is 0.399. The molecule has 0 spiro atoms. The van der Waals surface area contributed by atoms with Crippen molar-refractivity contribution < 1.29 is 10.2 Å². The standard InChI is InChI=1S/C19H19ClN4O2/c20-16-3-1-2-14-9-23(10-15(14)16)6-7-24-11-18(22-12-24)17-8-13(19(25)26)4-5-21-17/h1-5,8,11-12,19,25-26H,6-7,9-10H2. The highest BCUT2D eigenvalue weighted by Gasteiger charge is 2.20. The predicted octanol–water partition coefficient (Wildman–Crippen LogP) is 2.60. The molecule has 0 aliphatic carbocycles. The number of nitrogens with zero attached hydrogens (tertiary/aromatic N) is 4. The van der Waals surface area contributed by atoms with Gasteiger partial charge in [0.25, 0.3) is 0 Å². The molecule has 3 heterocycles. The third-order valence-corrected chi connectivity index (χ3v) is 5.00. The quantitative estimate of drug-likeness (QED) is 0.675. The van der Waals surface area contributed by atoms with Crippen LogP contribution >= 0.6 is 11.6 Å². The molecule has 6 nitrogen and oxygen atoms in total. The van der Waals surface area contributed by atoms with Gasteiger partial charge in [0.15, 0.2) is 6.29 Å². The van der Waals surface area contributed by atoms with Gasteiger partial charge in [-0.25, -0.2) is 4.98 Å². The Balaban J connectivity index is 1.41. The molecule has 2 N–H and O–H groups in total. The van der Waals surface area contributed by atoms with Crippen molar-refractivity contribution in [2.24, 2.45) is 0 Å². The second-order valence-corrected chi connectivity index (χ2v) is 6.84.